The van der Waals surface area contributed by atoms with E-state index in [0.29, 0.717) is 29.4 Å². The van der Waals surface area contributed by atoms with Gasteiger partial charge in [-0.3, -0.25) is 9.59 Å². The maximum Gasteiger partial charge on any atom is 0.471 e. The van der Waals surface area contributed by atoms with E-state index >= 15 is 0 Å². The molecule has 0 aliphatic carbocycles. The molecule has 0 aliphatic heterocycles. The number of halogens is 3. The smallest absolute Gasteiger partial charge is 0.471 e. The lowest BCUT2D eigenvalue weighted by Gasteiger charge is -2.10. The summed E-state index contributed by atoms with van der Waals surface area (Å²) >= 11 is 0. The Hall–Kier alpha value is -3.23. The number of ether oxygens (including phenoxy) is 2. The summed E-state index contributed by atoms with van der Waals surface area (Å²) in [7, 11) is 0. The average Bonchev–Trinajstić information content (AvgIpc) is 2.66. The average molecular weight is 396 g/mol. The van der Waals surface area contributed by atoms with Crippen molar-refractivity contribution in [3.05, 3.63) is 54.1 Å². The van der Waals surface area contributed by atoms with Crippen LogP contribution in [0.25, 0.3) is 0 Å². The molecule has 0 saturated carbocycles. The molecule has 0 heterocycles. The van der Waals surface area contributed by atoms with Crippen LogP contribution in [-0.4, -0.2) is 31.2 Å². The van der Waals surface area contributed by atoms with Gasteiger partial charge in [0.15, 0.2) is 6.61 Å². The van der Waals surface area contributed by atoms with Crippen LogP contribution in [0.5, 0.6) is 11.5 Å². The molecule has 0 aliphatic rings. The fraction of sp³-hybridized carbons (Fsp3) is 0.263. The van der Waals surface area contributed by atoms with Crippen LogP contribution in [0.1, 0.15) is 12.5 Å². The molecule has 2 aromatic carbocycles. The first-order valence-electron chi connectivity index (χ1n) is 8.37. The van der Waals surface area contributed by atoms with Crippen LogP contribution >= 0.6 is 0 Å². The molecule has 150 valence electrons. The van der Waals surface area contributed by atoms with Gasteiger partial charge in [0.1, 0.15) is 11.5 Å². The van der Waals surface area contributed by atoms with Crippen molar-refractivity contribution < 1.29 is 32.2 Å². The van der Waals surface area contributed by atoms with E-state index in [1.54, 1.807) is 29.6 Å². The molecule has 0 aromatic heterocycles. The van der Waals surface area contributed by atoms with E-state index in [9.17, 15) is 22.8 Å². The molecule has 0 saturated heterocycles. The maximum absolute atomic E-state index is 12.1. The summed E-state index contributed by atoms with van der Waals surface area (Å²) in [5, 5.41) is 4.37. The number of carbonyl (C=O) groups is 2. The van der Waals surface area contributed by atoms with E-state index in [4.69, 9.17) is 9.47 Å². The van der Waals surface area contributed by atoms with Gasteiger partial charge in [-0.1, -0.05) is 12.1 Å². The van der Waals surface area contributed by atoms with Crippen molar-refractivity contribution in [2.75, 3.05) is 18.5 Å². The number of hydrogen-bond acceptors (Lipinski definition) is 4. The van der Waals surface area contributed by atoms with Gasteiger partial charge in [-0.15, -0.1) is 0 Å². The first-order valence-corrected chi connectivity index (χ1v) is 8.37. The third kappa shape index (κ3) is 6.82. The molecule has 2 aromatic rings. The van der Waals surface area contributed by atoms with Crippen LogP contribution in [0.4, 0.5) is 18.9 Å². The van der Waals surface area contributed by atoms with Crippen molar-refractivity contribution in [2.45, 2.75) is 19.6 Å². The Labute approximate surface area is 159 Å². The largest absolute Gasteiger partial charge is 0.494 e. The third-order valence-electron chi connectivity index (χ3n) is 3.45. The molecule has 0 atom stereocenters. The minimum Gasteiger partial charge on any atom is -0.494 e. The van der Waals surface area contributed by atoms with Crippen LogP contribution in [-0.2, 0) is 16.1 Å². The van der Waals surface area contributed by atoms with Gasteiger partial charge in [0.05, 0.1) is 6.61 Å². The summed E-state index contributed by atoms with van der Waals surface area (Å²) in [5.74, 6) is -1.19. The maximum atomic E-state index is 12.1. The lowest BCUT2D eigenvalue weighted by molar-refractivity contribution is -0.173. The normalized spacial score (nSPS) is 10.9. The van der Waals surface area contributed by atoms with Crippen LogP contribution in [0.15, 0.2) is 48.5 Å². The first kappa shape index (κ1) is 21.1. The molecular weight excluding hydrogens is 377 g/mol. The van der Waals surface area contributed by atoms with Gasteiger partial charge in [0, 0.05) is 12.2 Å². The fourth-order valence-electron chi connectivity index (χ4n) is 2.13. The molecule has 28 heavy (non-hydrogen) atoms. The number of anilines is 1. The second-order valence-corrected chi connectivity index (χ2v) is 5.62. The third-order valence-corrected chi connectivity index (χ3v) is 3.45. The predicted molar refractivity (Wildman–Crippen MR) is 96.1 cm³/mol. The summed E-state index contributed by atoms with van der Waals surface area (Å²) in [6.45, 7) is 1.95. The highest BCUT2D eigenvalue weighted by Crippen LogP contribution is 2.18. The van der Waals surface area contributed by atoms with Crippen LogP contribution in [0.3, 0.4) is 0 Å². The molecule has 0 unspecified atom stereocenters. The van der Waals surface area contributed by atoms with Gasteiger partial charge in [-0.05, 0) is 48.9 Å². The standard InChI is InChI=1S/C19H19F3N2O4/c1-2-27-15-7-9-16(10-8-15)28-12-17(25)24-14-5-3-13(4-6-14)11-23-18(26)19(20,21)22/h3-10H,2,11-12H2,1H3,(H,23,26)(H,24,25). The summed E-state index contributed by atoms with van der Waals surface area (Å²) < 4.78 is 47.1. The van der Waals surface area contributed by atoms with Crippen molar-refractivity contribution in [1.82, 2.24) is 5.32 Å². The molecule has 6 nitrogen and oxygen atoms in total. The summed E-state index contributed by atoms with van der Waals surface area (Å²) in [6, 6.07) is 12.9. The number of amides is 2. The fourth-order valence-corrected chi connectivity index (χ4v) is 2.13. The van der Waals surface area contributed by atoms with Crippen molar-refractivity contribution in [3.63, 3.8) is 0 Å². The van der Waals surface area contributed by atoms with E-state index in [1.807, 2.05) is 6.92 Å². The number of rotatable bonds is 8. The van der Waals surface area contributed by atoms with E-state index in [0.717, 1.165) is 0 Å². The Morgan fingerprint density at radius 3 is 2.04 bits per heavy atom. The highest BCUT2D eigenvalue weighted by atomic mass is 19.4. The molecule has 0 fully saturated rings. The van der Waals surface area contributed by atoms with Crippen LogP contribution in [0.2, 0.25) is 0 Å². The summed E-state index contributed by atoms with van der Waals surface area (Å²) in [4.78, 5) is 22.7. The van der Waals surface area contributed by atoms with Crippen molar-refractivity contribution in [3.8, 4) is 11.5 Å². The van der Waals surface area contributed by atoms with Gasteiger partial charge in [0.25, 0.3) is 5.91 Å². The summed E-state index contributed by atoms with van der Waals surface area (Å²) in [6.07, 6.45) is -4.92. The van der Waals surface area contributed by atoms with E-state index in [2.05, 4.69) is 5.32 Å². The Morgan fingerprint density at radius 2 is 1.50 bits per heavy atom. The Bertz CT molecular complexity index is 790. The monoisotopic (exact) mass is 396 g/mol. The van der Waals surface area contributed by atoms with Gasteiger partial charge < -0.3 is 20.1 Å². The zero-order valence-corrected chi connectivity index (χ0v) is 15.0. The van der Waals surface area contributed by atoms with E-state index < -0.39 is 18.0 Å². The first-order chi connectivity index (χ1) is 13.3. The second kappa shape index (κ2) is 9.63. The lowest BCUT2D eigenvalue weighted by atomic mass is 10.2. The zero-order chi connectivity index (χ0) is 20.6. The van der Waals surface area contributed by atoms with E-state index in [1.165, 1.54) is 24.3 Å². The van der Waals surface area contributed by atoms with E-state index in [-0.39, 0.29) is 13.2 Å². The molecule has 2 N–H and O–H groups in total. The zero-order valence-electron chi connectivity index (χ0n) is 15.0. The van der Waals surface area contributed by atoms with Gasteiger partial charge >= 0.3 is 12.1 Å². The lowest BCUT2D eigenvalue weighted by Crippen LogP contribution is -2.36. The SMILES string of the molecule is CCOc1ccc(OCC(=O)Nc2ccc(CNC(=O)C(F)(F)F)cc2)cc1. The number of carbonyl (C=O) groups excluding carboxylic acids is 2. The molecule has 0 radical (unpaired) electrons. The molecule has 0 spiro atoms. The van der Waals surface area contributed by atoms with Gasteiger partial charge in [-0.2, -0.15) is 13.2 Å². The highest BCUT2D eigenvalue weighted by molar-refractivity contribution is 5.91. The number of benzene rings is 2. The van der Waals surface area contributed by atoms with Gasteiger partial charge in [0.2, 0.25) is 0 Å². The van der Waals surface area contributed by atoms with Crippen LogP contribution in [0, 0.1) is 0 Å². The molecule has 0 bridgehead atoms. The number of hydrogen-bond donors (Lipinski definition) is 2. The molecule has 2 amide bonds. The van der Waals surface area contributed by atoms with Crippen molar-refractivity contribution >= 4 is 17.5 Å². The second-order valence-electron chi connectivity index (χ2n) is 5.62. The number of nitrogens with one attached hydrogen (secondary N) is 2. The summed E-state index contributed by atoms with van der Waals surface area (Å²) in [5.41, 5.74) is 0.910. The van der Waals surface area contributed by atoms with Crippen molar-refractivity contribution in [2.24, 2.45) is 0 Å². The van der Waals surface area contributed by atoms with Crippen LogP contribution < -0.4 is 20.1 Å². The quantitative estimate of drug-likeness (QED) is 0.718. The Kier molecular flexibility index (Phi) is 7.25. The minimum absolute atomic E-state index is 0.211. The molecule has 9 heteroatoms. The van der Waals surface area contributed by atoms with Crippen molar-refractivity contribution in [1.29, 1.82) is 0 Å². The highest BCUT2D eigenvalue weighted by Gasteiger charge is 2.38. The van der Waals surface area contributed by atoms with Gasteiger partial charge in [-0.25, -0.2) is 0 Å². The minimum atomic E-state index is -4.92. The molecule has 2 rings (SSSR count). The Morgan fingerprint density at radius 1 is 0.929 bits per heavy atom. The Balaban J connectivity index is 1.78. The topological polar surface area (TPSA) is 76.7 Å². The number of alkyl halides is 3. The predicted octanol–water partition coefficient (Wildman–Crippen LogP) is 3.28. The molecular formula is C19H19F3N2O4.